The van der Waals surface area contributed by atoms with Crippen molar-refractivity contribution >= 4 is 39.2 Å². The number of amides is 1. The molecule has 1 unspecified atom stereocenters. The molecule has 1 amide bonds. The molecule has 0 radical (unpaired) electrons. The van der Waals surface area contributed by atoms with E-state index in [9.17, 15) is 14.4 Å². The van der Waals surface area contributed by atoms with Gasteiger partial charge in [0.1, 0.15) is 10.9 Å². The summed E-state index contributed by atoms with van der Waals surface area (Å²) in [5, 5.41) is 3.95. The maximum absolute atomic E-state index is 12.9. The molecule has 0 saturated heterocycles. The maximum Gasteiger partial charge on any atom is 0.350 e. The monoisotopic (exact) mass is 413 g/mol. The van der Waals surface area contributed by atoms with Gasteiger partial charge in [0.25, 0.3) is 5.56 Å². The lowest BCUT2D eigenvalue weighted by molar-refractivity contribution is -0.118. The Bertz CT molecular complexity index is 1160. The van der Waals surface area contributed by atoms with Crippen molar-refractivity contribution in [1.82, 2.24) is 9.55 Å². The minimum Gasteiger partial charge on any atom is -0.462 e. The second-order valence-corrected chi connectivity index (χ2v) is 7.82. The Morgan fingerprint density at radius 2 is 1.97 bits per heavy atom. The molecule has 29 heavy (non-hydrogen) atoms. The summed E-state index contributed by atoms with van der Waals surface area (Å²) in [5.74, 6) is -0.850. The molecule has 0 aliphatic heterocycles. The molecule has 0 bridgehead atoms. The zero-order valence-electron chi connectivity index (χ0n) is 17.0. The number of rotatable bonds is 5. The van der Waals surface area contributed by atoms with E-state index in [0.29, 0.717) is 15.7 Å². The molecule has 0 saturated carbocycles. The van der Waals surface area contributed by atoms with Gasteiger partial charge in [-0.05, 0) is 45.7 Å². The molecule has 3 rings (SSSR count). The fourth-order valence-electron chi connectivity index (χ4n) is 3.29. The summed E-state index contributed by atoms with van der Waals surface area (Å²) in [6.07, 6.45) is 0. The summed E-state index contributed by atoms with van der Waals surface area (Å²) in [7, 11) is 0. The zero-order chi connectivity index (χ0) is 21.3. The molecule has 2 heterocycles. The summed E-state index contributed by atoms with van der Waals surface area (Å²) in [5.41, 5.74) is 2.77. The standard InChI is InChI=1S/C21H23N3O4S/c1-6-28-20(27)18-13(4)22-21(29-18)23-19(26)14(5)24-16(25)10-12(3)15-9-7-8-11(2)17(15)24/h7-10,14H,6H2,1-5H3,(H,22,23,26). The number of nitrogens with zero attached hydrogens (tertiary/aromatic N) is 2. The molecule has 152 valence electrons. The number of hydrogen-bond acceptors (Lipinski definition) is 6. The van der Waals surface area contributed by atoms with E-state index in [1.807, 2.05) is 32.0 Å². The molecule has 3 aromatic rings. The number of hydrogen-bond donors (Lipinski definition) is 1. The van der Waals surface area contributed by atoms with Gasteiger partial charge in [0, 0.05) is 11.5 Å². The van der Waals surface area contributed by atoms with Crippen molar-refractivity contribution in [3.63, 3.8) is 0 Å². The van der Waals surface area contributed by atoms with Crippen LogP contribution in [0.25, 0.3) is 10.9 Å². The van der Waals surface area contributed by atoms with E-state index in [-0.39, 0.29) is 18.1 Å². The van der Waals surface area contributed by atoms with E-state index in [1.165, 1.54) is 10.6 Å². The van der Waals surface area contributed by atoms with Crippen LogP contribution >= 0.6 is 11.3 Å². The normalized spacial score (nSPS) is 12.0. The van der Waals surface area contributed by atoms with E-state index in [4.69, 9.17) is 4.74 Å². The van der Waals surface area contributed by atoms with Gasteiger partial charge >= 0.3 is 5.97 Å². The molecule has 8 heteroatoms. The van der Waals surface area contributed by atoms with Crippen LogP contribution in [0.5, 0.6) is 0 Å². The van der Waals surface area contributed by atoms with Crippen LogP contribution < -0.4 is 10.9 Å². The Morgan fingerprint density at radius 3 is 2.66 bits per heavy atom. The number of esters is 1. The number of aromatic nitrogens is 2. The van der Waals surface area contributed by atoms with Crippen molar-refractivity contribution in [2.75, 3.05) is 11.9 Å². The maximum atomic E-state index is 12.9. The number of benzene rings is 1. The van der Waals surface area contributed by atoms with Crippen molar-refractivity contribution in [3.8, 4) is 0 Å². The molecule has 7 nitrogen and oxygen atoms in total. The zero-order valence-corrected chi connectivity index (χ0v) is 17.8. The van der Waals surface area contributed by atoms with E-state index in [1.54, 1.807) is 20.8 Å². The molecule has 1 aromatic carbocycles. The SMILES string of the molecule is CCOC(=O)c1sc(NC(=O)C(C)n2c(=O)cc(C)c3cccc(C)c32)nc1C. The van der Waals surface area contributed by atoms with Crippen LogP contribution in [0.1, 0.15) is 46.4 Å². The van der Waals surface area contributed by atoms with Crippen LogP contribution in [0.15, 0.2) is 29.1 Å². The summed E-state index contributed by atoms with van der Waals surface area (Å²) >= 11 is 1.06. The van der Waals surface area contributed by atoms with E-state index in [2.05, 4.69) is 10.3 Å². The molecular weight excluding hydrogens is 390 g/mol. The number of thiazole rings is 1. The van der Waals surface area contributed by atoms with E-state index in [0.717, 1.165) is 33.4 Å². The minimum atomic E-state index is -0.762. The molecule has 1 N–H and O–H groups in total. The quantitative estimate of drug-likeness (QED) is 0.643. The first kappa shape index (κ1) is 20.7. The second kappa shape index (κ2) is 8.16. The Balaban J connectivity index is 1.95. The number of fused-ring (bicyclic) bond motifs is 1. The van der Waals surface area contributed by atoms with Crippen LogP contribution in [0, 0.1) is 20.8 Å². The smallest absolute Gasteiger partial charge is 0.350 e. The lowest BCUT2D eigenvalue weighted by atomic mass is 10.1. The topological polar surface area (TPSA) is 90.3 Å². The van der Waals surface area contributed by atoms with Gasteiger partial charge in [0.15, 0.2) is 5.13 Å². The lowest BCUT2D eigenvalue weighted by Crippen LogP contribution is -2.32. The molecule has 0 aliphatic rings. The van der Waals surface area contributed by atoms with Crippen LogP contribution in [0.3, 0.4) is 0 Å². The number of anilines is 1. The Morgan fingerprint density at radius 1 is 1.24 bits per heavy atom. The fourth-order valence-corrected chi connectivity index (χ4v) is 4.15. The number of aryl methyl sites for hydroxylation is 3. The van der Waals surface area contributed by atoms with Gasteiger partial charge < -0.3 is 10.1 Å². The van der Waals surface area contributed by atoms with E-state index < -0.39 is 12.0 Å². The number of ether oxygens (including phenoxy) is 1. The van der Waals surface area contributed by atoms with Crippen molar-refractivity contribution in [1.29, 1.82) is 0 Å². The summed E-state index contributed by atoms with van der Waals surface area (Å²) in [4.78, 5) is 42.2. The summed E-state index contributed by atoms with van der Waals surface area (Å²) in [6.45, 7) is 9.14. The first-order valence-electron chi connectivity index (χ1n) is 9.31. The largest absolute Gasteiger partial charge is 0.462 e. The predicted molar refractivity (Wildman–Crippen MR) is 114 cm³/mol. The number of para-hydroxylation sites is 1. The second-order valence-electron chi connectivity index (χ2n) is 6.83. The molecule has 0 fully saturated rings. The van der Waals surface area contributed by atoms with Gasteiger partial charge in [-0.15, -0.1) is 0 Å². The third kappa shape index (κ3) is 3.93. The first-order chi connectivity index (χ1) is 13.7. The summed E-state index contributed by atoms with van der Waals surface area (Å²) in [6, 6.07) is 6.56. The fraction of sp³-hybridized carbons (Fsp3) is 0.333. The Labute approximate surface area is 172 Å². The third-order valence-corrected chi connectivity index (χ3v) is 5.79. The minimum absolute atomic E-state index is 0.241. The number of carbonyl (C=O) groups is 2. The van der Waals surface area contributed by atoms with Crippen molar-refractivity contribution in [3.05, 3.63) is 56.3 Å². The van der Waals surface area contributed by atoms with Crippen LogP contribution in [0.4, 0.5) is 5.13 Å². The van der Waals surface area contributed by atoms with Gasteiger partial charge in [-0.2, -0.15) is 0 Å². The van der Waals surface area contributed by atoms with Crippen LogP contribution in [-0.4, -0.2) is 28.0 Å². The van der Waals surface area contributed by atoms with Gasteiger partial charge in [0.2, 0.25) is 5.91 Å². The number of pyridine rings is 1. The Kier molecular flexibility index (Phi) is 5.83. The highest BCUT2D eigenvalue weighted by molar-refractivity contribution is 7.17. The van der Waals surface area contributed by atoms with Crippen molar-refractivity contribution in [2.24, 2.45) is 0 Å². The Hall–Kier alpha value is -3.00. The molecule has 0 aliphatic carbocycles. The highest BCUT2D eigenvalue weighted by Crippen LogP contribution is 2.26. The highest BCUT2D eigenvalue weighted by atomic mass is 32.1. The van der Waals surface area contributed by atoms with E-state index >= 15 is 0 Å². The van der Waals surface area contributed by atoms with Crippen molar-refractivity contribution < 1.29 is 14.3 Å². The molecule has 1 atom stereocenters. The third-order valence-electron chi connectivity index (χ3n) is 4.74. The lowest BCUT2D eigenvalue weighted by Gasteiger charge is -2.19. The number of carbonyl (C=O) groups excluding carboxylic acids is 2. The average molecular weight is 413 g/mol. The molecular formula is C21H23N3O4S. The van der Waals surface area contributed by atoms with Crippen LogP contribution in [-0.2, 0) is 9.53 Å². The first-order valence-corrected chi connectivity index (χ1v) is 10.1. The van der Waals surface area contributed by atoms with Gasteiger partial charge in [-0.1, -0.05) is 29.5 Å². The van der Waals surface area contributed by atoms with Crippen molar-refractivity contribution in [2.45, 2.75) is 40.7 Å². The highest BCUT2D eigenvalue weighted by Gasteiger charge is 2.23. The number of nitrogens with one attached hydrogen (secondary N) is 1. The van der Waals surface area contributed by atoms with Gasteiger partial charge in [0.05, 0.1) is 17.8 Å². The van der Waals surface area contributed by atoms with Gasteiger partial charge in [-0.3, -0.25) is 14.2 Å². The summed E-state index contributed by atoms with van der Waals surface area (Å²) < 4.78 is 6.51. The van der Waals surface area contributed by atoms with Crippen LogP contribution in [0.2, 0.25) is 0 Å². The predicted octanol–water partition coefficient (Wildman–Crippen LogP) is 3.76. The average Bonchev–Trinajstić information content (AvgIpc) is 3.02. The molecule has 0 spiro atoms. The van der Waals surface area contributed by atoms with Gasteiger partial charge in [-0.25, -0.2) is 9.78 Å². The molecule has 2 aromatic heterocycles.